The minimum atomic E-state index is -0.929. The summed E-state index contributed by atoms with van der Waals surface area (Å²) in [6, 6.07) is 8.30. The standard InChI is InChI=1S/C20H25N5O2/c1-3-10-25-17-9-8-13(11-14(17)19(23-25)20(26)27)24(2)12-18-21-15-6-4-5-7-16(15)22-18/h4-7,13H,3,8-12H2,1-2H3,(H,21,22)(H,26,27)/t13-/m0/s1. The Kier molecular flexibility index (Phi) is 4.70. The number of aromatic nitrogens is 4. The highest BCUT2D eigenvalue weighted by molar-refractivity contribution is 5.87. The van der Waals surface area contributed by atoms with Gasteiger partial charge in [0, 0.05) is 23.8 Å². The van der Waals surface area contributed by atoms with Crippen molar-refractivity contribution in [3.63, 3.8) is 0 Å². The molecule has 0 spiro atoms. The first-order valence-electron chi connectivity index (χ1n) is 9.52. The zero-order valence-corrected chi connectivity index (χ0v) is 15.8. The van der Waals surface area contributed by atoms with Crippen LogP contribution in [0.25, 0.3) is 11.0 Å². The summed E-state index contributed by atoms with van der Waals surface area (Å²) in [5.41, 5.74) is 4.24. The molecular weight excluding hydrogens is 342 g/mol. The molecule has 3 aromatic rings. The van der Waals surface area contributed by atoms with Gasteiger partial charge >= 0.3 is 5.97 Å². The van der Waals surface area contributed by atoms with E-state index in [1.54, 1.807) is 0 Å². The second-order valence-corrected chi connectivity index (χ2v) is 7.31. The third-order valence-electron chi connectivity index (χ3n) is 5.42. The third-order valence-corrected chi connectivity index (χ3v) is 5.42. The number of carbonyl (C=O) groups is 1. The number of likely N-dealkylation sites (N-methyl/N-ethyl adjacent to an activating group) is 1. The number of carboxylic acids is 1. The number of benzene rings is 1. The molecule has 2 N–H and O–H groups in total. The number of hydrogen-bond acceptors (Lipinski definition) is 4. The van der Waals surface area contributed by atoms with Crippen molar-refractivity contribution in [2.24, 2.45) is 0 Å². The molecule has 1 aliphatic carbocycles. The van der Waals surface area contributed by atoms with Crippen LogP contribution in [0.5, 0.6) is 0 Å². The lowest BCUT2D eigenvalue weighted by molar-refractivity contribution is 0.0687. The molecule has 142 valence electrons. The zero-order valence-electron chi connectivity index (χ0n) is 15.8. The van der Waals surface area contributed by atoms with Crippen LogP contribution in [0.4, 0.5) is 0 Å². The number of nitrogens with one attached hydrogen (secondary N) is 1. The Hall–Kier alpha value is -2.67. The van der Waals surface area contributed by atoms with Crippen molar-refractivity contribution in [2.45, 2.75) is 51.7 Å². The van der Waals surface area contributed by atoms with E-state index in [1.165, 1.54) is 0 Å². The Bertz CT molecular complexity index is 941. The number of carboxylic acid groups (broad SMARTS) is 1. The number of imidazole rings is 1. The van der Waals surface area contributed by atoms with Gasteiger partial charge in [-0.25, -0.2) is 9.78 Å². The van der Waals surface area contributed by atoms with Gasteiger partial charge < -0.3 is 10.1 Å². The molecule has 2 heterocycles. The van der Waals surface area contributed by atoms with Crippen molar-refractivity contribution in [3.8, 4) is 0 Å². The molecule has 0 radical (unpaired) electrons. The van der Waals surface area contributed by atoms with Crippen molar-refractivity contribution in [3.05, 3.63) is 47.0 Å². The van der Waals surface area contributed by atoms with Crippen LogP contribution < -0.4 is 0 Å². The number of fused-ring (bicyclic) bond motifs is 2. The molecule has 4 rings (SSSR count). The van der Waals surface area contributed by atoms with E-state index in [2.05, 4.69) is 33.9 Å². The summed E-state index contributed by atoms with van der Waals surface area (Å²) >= 11 is 0. The highest BCUT2D eigenvalue weighted by Crippen LogP contribution is 2.28. The zero-order chi connectivity index (χ0) is 19.0. The summed E-state index contributed by atoms with van der Waals surface area (Å²) in [4.78, 5) is 22.0. The SMILES string of the molecule is CCCn1nc(C(=O)O)c2c1CC[C@H](N(C)Cc1nc3ccccc3[nH]1)C2. The van der Waals surface area contributed by atoms with Crippen LogP contribution in [0.15, 0.2) is 24.3 Å². The molecule has 2 aromatic heterocycles. The number of aromatic carboxylic acids is 1. The number of para-hydroxylation sites is 2. The molecule has 0 aliphatic heterocycles. The number of aromatic amines is 1. The molecule has 0 saturated heterocycles. The van der Waals surface area contributed by atoms with E-state index in [-0.39, 0.29) is 11.7 Å². The van der Waals surface area contributed by atoms with Crippen molar-refractivity contribution in [2.75, 3.05) is 7.05 Å². The molecule has 1 atom stereocenters. The van der Waals surface area contributed by atoms with Crippen molar-refractivity contribution >= 4 is 17.0 Å². The lowest BCUT2D eigenvalue weighted by Gasteiger charge is -2.31. The average Bonchev–Trinajstić information content (AvgIpc) is 3.22. The maximum atomic E-state index is 11.7. The van der Waals surface area contributed by atoms with Gasteiger partial charge in [0.25, 0.3) is 0 Å². The topological polar surface area (TPSA) is 87.0 Å². The molecule has 0 amide bonds. The highest BCUT2D eigenvalue weighted by Gasteiger charge is 2.30. The van der Waals surface area contributed by atoms with Gasteiger partial charge in [0.2, 0.25) is 0 Å². The first-order chi connectivity index (χ1) is 13.1. The Labute approximate surface area is 158 Å². The van der Waals surface area contributed by atoms with Gasteiger partial charge in [-0.2, -0.15) is 5.10 Å². The lowest BCUT2D eigenvalue weighted by Crippen LogP contribution is -2.36. The average molecular weight is 367 g/mol. The maximum absolute atomic E-state index is 11.7. The fraction of sp³-hybridized carbons (Fsp3) is 0.450. The maximum Gasteiger partial charge on any atom is 0.356 e. The van der Waals surface area contributed by atoms with Crippen molar-refractivity contribution in [1.29, 1.82) is 0 Å². The summed E-state index contributed by atoms with van der Waals surface area (Å²) in [5, 5.41) is 13.9. The molecule has 0 fully saturated rings. The van der Waals surface area contributed by atoms with E-state index in [4.69, 9.17) is 0 Å². The van der Waals surface area contributed by atoms with Crippen LogP contribution >= 0.6 is 0 Å². The fourth-order valence-electron chi connectivity index (χ4n) is 4.06. The summed E-state index contributed by atoms with van der Waals surface area (Å²) in [6.45, 7) is 3.57. The summed E-state index contributed by atoms with van der Waals surface area (Å²) in [7, 11) is 2.08. The predicted molar refractivity (Wildman–Crippen MR) is 103 cm³/mol. The second-order valence-electron chi connectivity index (χ2n) is 7.31. The molecule has 27 heavy (non-hydrogen) atoms. The largest absolute Gasteiger partial charge is 0.476 e. The van der Waals surface area contributed by atoms with Gasteiger partial charge in [0.1, 0.15) is 5.82 Å². The van der Waals surface area contributed by atoms with Crippen LogP contribution in [-0.2, 0) is 25.9 Å². The Morgan fingerprint density at radius 3 is 2.96 bits per heavy atom. The summed E-state index contributed by atoms with van der Waals surface area (Å²) in [5.74, 6) is 0.00586. The smallest absolute Gasteiger partial charge is 0.356 e. The first kappa shape index (κ1) is 17.7. The number of rotatable bonds is 6. The Morgan fingerprint density at radius 1 is 1.41 bits per heavy atom. The van der Waals surface area contributed by atoms with Crippen LogP contribution in [-0.4, -0.2) is 48.8 Å². The van der Waals surface area contributed by atoms with Gasteiger partial charge in [-0.1, -0.05) is 19.1 Å². The quantitative estimate of drug-likeness (QED) is 0.699. The molecular formula is C20H25N5O2. The van der Waals surface area contributed by atoms with E-state index >= 15 is 0 Å². The lowest BCUT2D eigenvalue weighted by atomic mass is 9.90. The van der Waals surface area contributed by atoms with Gasteiger partial charge in [0.05, 0.1) is 17.6 Å². The van der Waals surface area contributed by atoms with Gasteiger partial charge in [-0.15, -0.1) is 0 Å². The van der Waals surface area contributed by atoms with E-state index in [0.29, 0.717) is 6.54 Å². The predicted octanol–water partition coefficient (Wildman–Crippen LogP) is 2.86. The first-order valence-corrected chi connectivity index (χ1v) is 9.52. The molecule has 0 unspecified atom stereocenters. The molecule has 1 aliphatic rings. The van der Waals surface area contributed by atoms with Crippen LogP contribution in [0.1, 0.15) is 47.3 Å². The summed E-state index contributed by atoms with van der Waals surface area (Å²) in [6.07, 6.45) is 3.53. The highest BCUT2D eigenvalue weighted by atomic mass is 16.4. The minimum absolute atomic E-state index is 0.222. The van der Waals surface area contributed by atoms with Gasteiger partial charge in [-0.3, -0.25) is 9.58 Å². The number of aryl methyl sites for hydroxylation is 1. The van der Waals surface area contributed by atoms with Gasteiger partial charge in [0.15, 0.2) is 5.69 Å². The number of H-pyrrole nitrogens is 1. The van der Waals surface area contributed by atoms with E-state index < -0.39 is 5.97 Å². The van der Waals surface area contributed by atoms with E-state index in [0.717, 1.165) is 60.3 Å². The number of nitrogens with zero attached hydrogens (tertiary/aromatic N) is 4. The van der Waals surface area contributed by atoms with Crippen LogP contribution in [0.3, 0.4) is 0 Å². The van der Waals surface area contributed by atoms with Crippen LogP contribution in [0, 0.1) is 0 Å². The molecule has 7 nitrogen and oxygen atoms in total. The molecule has 1 aromatic carbocycles. The third kappa shape index (κ3) is 3.35. The molecule has 7 heteroatoms. The summed E-state index contributed by atoms with van der Waals surface area (Å²) < 4.78 is 1.90. The van der Waals surface area contributed by atoms with Crippen molar-refractivity contribution in [1.82, 2.24) is 24.6 Å². The van der Waals surface area contributed by atoms with Crippen LogP contribution in [0.2, 0.25) is 0 Å². The van der Waals surface area contributed by atoms with Crippen molar-refractivity contribution < 1.29 is 9.90 Å². The minimum Gasteiger partial charge on any atom is -0.476 e. The van der Waals surface area contributed by atoms with Gasteiger partial charge in [-0.05, 0) is 44.9 Å². The fourth-order valence-corrected chi connectivity index (χ4v) is 4.06. The Morgan fingerprint density at radius 2 is 2.22 bits per heavy atom. The number of hydrogen-bond donors (Lipinski definition) is 2. The molecule has 0 bridgehead atoms. The monoisotopic (exact) mass is 367 g/mol. The Balaban J connectivity index is 1.53. The second kappa shape index (κ2) is 7.15. The molecule has 0 saturated carbocycles. The van der Waals surface area contributed by atoms with E-state index in [1.807, 2.05) is 28.9 Å². The van der Waals surface area contributed by atoms with E-state index in [9.17, 15) is 9.90 Å². The normalized spacial score (nSPS) is 16.8.